The Hall–Kier alpha value is -2.64. The maximum Gasteiger partial charge on any atom is 0.340 e. The number of hydrogen-bond acceptors (Lipinski definition) is 6. The lowest BCUT2D eigenvalue weighted by Crippen LogP contribution is -2.11. The molecular weight excluding hydrogens is 406 g/mol. The van der Waals surface area contributed by atoms with Crippen LogP contribution in [0.5, 0.6) is 11.5 Å². The molecule has 0 aliphatic heterocycles. The summed E-state index contributed by atoms with van der Waals surface area (Å²) in [5.74, 6) is 1.04. The SMILES string of the molecule is CCCCOc1ccc(Sc2ccc(N)cc2S(=O)(=O)Oc2ccccc2)cc1. The summed E-state index contributed by atoms with van der Waals surface area (Å²) in [6.45, 7) is 2.79. The number of anilines is 1. The van der Waals surface area contributed by atoms with Crippen molar-refractivity contribution < 1.29 is 17.3 Å². The number of nitrogens with two attached hydrogens (primary N) is 1. The maximum absolute atomic E-state index is 12.9. The Labute approximate surface area is 176 Å². The molecule has 29 heavy (non-hydrogen) atoms. The fourth-order valence-electron chi connectivity index (χ4n) is 2.52. The van der Waals surface area contributed by atoms with E-state index in [4.69, 9.17) is 14.7 Å². The van der Waals surface area contributed by atoms with Crippen molar-refractivity contribution in [3.05, 3.63) is 72.8 Å². The average Bonchev–Trinajstić information content (AvgIpc) is 2.71. The molecule has 0 fully saturated rings. The molecule has 3 aromatic carbocycles. The number of hydrogen-bond donors (Lipinski definition) is 1. The van der Waals surface area contributed by atoms with Crippen molar-refractivity contribution in [2.75, 3.05) is 12.3 Å². The van der Waals surface area contributed by atoms with Gasteiger partial charge in [-0.2, -0.15) is 8.42 Å². The minimum atomic E-state index is -4.04. The van der Waals surface area contributed by atoms with Crippen molar-refractivity contribution in [1.29, 1.82) is 0 Å². The molecule has 0 bridgehead atoms. The van der Waals surface area contributed by atoms with Gasteiger partial charge in [-0.05, 0) is 61.0 Å². The van der Waals surface area contributed by atoms with E-state index in [0.717, 1.165) is 23.5 Å². The molecule has 0 heterocycles. The minimum Gasteiger partial charge on any atom is -0.494 e. The largest absolute Gasteiger partial charge is 0.494 e. The van der Waals surface area contributed by atoms with Crippen molar-refractivity contribution in [1.82, 2.24) is 0 Å². The third-order valence-corrected chi connectivity index (χ3v) is 6.51. The van der Waals surface area contributed by atoms with Crippen LogP contribution >= 0.6 is 11.8 Å². The lowest BCUT2D eigenvalue weighted by atomic mass is 10.3. The van der Waals surface area contributed by atoms with E-state index in [2.05, 4.69) is 6.92 Å². The summed E-state index contributed by atoms with van der Waals surface area (Å²) in [5.41, 5.74) is 6.19. The predicted molar refractivity (Wildman–Crippen MR) is 116 cm³/mol. The smallest absolute Gasteiger partial charge is 0.340 e. The topological polar surface area (TPSA) is 78.6 Å². The van der Waals surface area contributed by atoms with Gasteiger partial charge in [-0.15, -0.1) is 0 Å². The van der Waals surface area contributed by atoms with Crippen molar-refractivity contribution in [3.8, 4) is 11.5 Å². The molecule has 0 aliphatic rings. The highest BCUT2D eigenvalue weighted by Crippen LogP contribution is 2.35. The van der Waals surface area contributed by atoms with Gasteiger partial charge in [0.25, 0.3) is 0 Å². The van der Waals surface area contributed by atoms with Gasteiger partial charge < -0.3 is 14.7 Å². The molecule has 0 saturated heterocycles. The number of benzene rings is 3. The molecule has 7 heteroatoms. The van der Waals surface area contributed by atoms with Crippen LogP contribution in [0, 0.1) is 0 Å². The molecule has 3 rings (SSSR count). The molecule has 2 N–H and O–H groups in total. The highest BCUT2D eigenvalue weighted by molar-refractivity contribution is 8.00. The Morgan fingerprint density at radius 2 is 1.66 bits per heavy atom. The molecule has 0 saturated carbocycles. The van der Waals surface area contributed by atoms with Gasteiger partial charge in [0, 0.05) is 15.5 Å². The second-order valence-electron chi connectivity index (χ2n) is 6.33. The molecule has 0 unspecified atom stereocenters. The first-order chi connectivity index (χ1) is 14.0. The van der Waals surface area contributed by atoms with Crippen LogP contribution < -0.4 is 14.7 Å². The lowest BCUT2D eigenvalue weighted by molar-refractivity contribution is 0.309. The molecule has 3 aromatic rings. The zero-order chi connectivity index (χ0) is 20.7. The normalized spacial score (nSPS) is 11.2. The lowest BCUT2D eigenvalue weighted by Gasteiger charge is -2.12. The van der Waals surface area contributed by atoms with E-state index in [1.807, 2.05) is 24.3 Å². The quantitative estimate of drug-likeness (QED) is 0.280. The zero-order valence-electron chi connectivity index (χ0n) is 16.1. The molecule has 152 valence electrons. The van der Waals surface area contributed by atoms with E-state index in [1.165, 1.54) is 17.8 Å². The van der Waals surface area contributed by atoms with E-state index < -0.39 is 10.1 Å². The summed E-state index contributed by atoms with van der Waals surface area (Å²) in [6, 6.07) is 20.7. The first-order valence-corrected chi connectivity index (χ1v) is 11.5. The Morgan fingerprint density at radius 3 is 2.34 bits per heavy atom. The van der Waals surface area contributed by atoms with E-state index in [9.17, 15) is 8.42 Å². The molecule has 0 amide bonds. The van der Waals surface area contributed by atoms with Gasteiger partial charge in [-0.25, -0.2) is 0 Å². The third-order valence-electron chi connectivity index (χ3n) is 4.00. The number of unbranched alkanes of at least 4 members (excludes halogenated alkanes) is 1. The Morgan fingerprint density at radius 1 is 0.931 bits per heavy atom. The van der Waals surface area contributed by atoms with Gasteiger partial charge in [0.2, 0.25) is 0 Å². The van der Waals surface area contributed by atoms with Gasteiger partial charge in [-0.3, -0.25) is 0 Å². The van der Waals surface area contributed by atoms with E-state index >= 15 is 0 Å². The van der Waals surface area contributed by atoms with Crippen LogP contribution in [-0.2, 0) is 10.1 Å². The first kappa shape index (κ1) is 21.1. The first-order valence-electron chi connectivity index (χ1n) is 9.28. The minimum absolute atomic E-state index is 0.0367. The second-order valence-corrected chi connectivity index (χ2v) is 8.96. The van der Waals surface area contributed by atoms with Crippen LogP contribution in [0.15, 0.2) is 87.5 Å². The van der Waals surface area contributed by atoms with Crippen molar-refractivity contribution >= 4 is 27.6 Å². The molecule has 0 aliphatic carbocycles. The summed E-state index contributed by atoms with van der Waals surface area (Å²) in [4.78, 5) is 1.46. The van der Waals surface area contributed by atoms with E-state index in [0.29, 0.717) is 17.2 Å². The molecular formula is C22H23NO4S2. The summed E-state index contributed by atoms with van der Waals surface area (Å²) < 4.78 is 36.7. The predicted octanol–water partition coefficient (Wildman–Crippen LogP) is 5.37. The fraction of sp³-hybridized carbons (Fsp3) is 0.182. The third kappa shape index (κ3) is 5.92. The van der Waals surface area contributed by atoms with Gasteiger partial charge in [0.15, 0.2) is 0 Å². The molecule has 0 radical (unpaired) electrons. The van der Waals surface area contributed by atoms with Crippen molar-refractivity contribution in [3.63, 3.8) is 0 Å². The van der Waals surface area contributed by atoms with Gasteiger partial charge in [-0.1, -0.05) is 43.3 Å². The summed E-state index contributed by atoms with van der Waals surface area (Å²) >= 11 is 1.33. The molecule has 0 spiro atoms. The van der Waals surface area contributed by atoms with Crippen molar-refractivity contribution in [2.24, 2.45) is 0 Å². The summed E-state index contributed by atoms with van der Waals surface area (Å²) in [5, 5.41) is 0. The van der Waals surface area contributed by atoms with Crippen LogP contribution in [0.25, 0.3) is 0 Å². The van der Waals surface area contributed by atoms with Crippen LogP contribution in [0.1, 0.15) is 19.8 Å². The van der Waals surface area contributed by atoms with Crippen LogP contribution in [0.4, 0.5) is 5.69 Å². The Bertz CT molecular complexity index is 1040. The maximum atomic E-state index is 12.9. The highest BCUT2D eigenvalue weighted by atomic mass is 32.2. The van der Waals surface area contributed by atoms with Crippen LogP contribution in [-0.4, -0.2) is 15.0 Å². The highest BCUT2D eigenvalue weighted by Gasteiger charge is 2.22. The number of nitrogen functional groups attached to an aromatic ring is 1. The van der Waals surface area contributed by atoms with Gasteiger partial charge in [0.1, 0.15) is 16.4 Å². The van der Waals surface area contributed by atoms with Gasteiger partial charge in [0.05, 0.1) is 6.61 Å². The van der Waals surface area contributed by atoms with E-state index in [1.54, 1.807) is 42.5 Å². The number of ether oxygens (including phenoxy) is 1. The summed E-state index contributed by atoms with van der Waals surface area (Å²) in [7, 11) is -4.04. The Kier molecular flexibility index (Phi) is 7.06. The van der Waals surface area contributed by atoms with Crippen LogP contribution in [0.2, 0.25) is 0 Å². The van der Waals surface area contributed by atoms with E-state index in [-0.39, 0.29) is 10.6 Å². The monoisotopic (exact) mass is 429 g/mol. The number of para-hydroxylation sites is 1. The number of rotatable bonds is 9. The average molecular weight is 430 g/mol. The van der Waals surface area contributed by atoms with Crippen molar-refractivity contribution in [2.45, 2.75) is 34.5 Å². The molecule has 5 nitrogen and oxygen atoms in total. The standard InChI is InChI=1S/C22H23NO4S2/c1-2-3-15-26-18-10-12-20(13-11-18)28-21-14-9-17(23)16-22(21)29(24,25)27-19-7-5-4-6-8-19/h4-14,16H,2-3,15,23H2,1H3. The Balaban J connectivity index is 1.82. The summed E-state index contributed by atoms with van der Waals surface area (Å²) in [6.07, 6.45) is 2.08. The van der Waals surface area contributed by atoms with Gasteiger partial charge >= 0.3 is 10.1 Å². The second kappa shape index (κ2) is 9.71. The molecule has 0 aromatic heterocycles. The fourth-order valence-corrected chi connectivity index (χ4v) is 4.82. The zero-order valence-corrected chi connectivity index (χ0v) is 17.7. The molecule has 0 atom stereocenters. The van der Waals surface area contributed by atoms with Crippen LogP contribution in [0.3, 0.4) is 0 Å².